The molecule has 0 spiro atoms. The molecule has 0 atom stereocenters. The van der Waals surface area contributed by atoms with Crippen LogP contribution in [-0.2, 0) is 0 Å². The van der Waals surface area contributed by atoms with Gasteiger partial charge in [0.1, 0.15) is 5.75 Å². The molecule has 1 heterocycles. The normalized spacial score (nSPS) is 9.22. The highest BCUT2D eigenvalue weighted by molar-refractivity contribution is 5.94. The maximum Gasteiger partial charge on any atom is 0.255 e. The van der Waals surface area contributed by atoms with Crippen LogP contribution in [0.2, 0.25) is 0 Å². The molecule has 1 amide bonds. The average molecular weight is 244 g/mol. The minimum absolute atomic E-state index is 0.0960. The van der Waals surface area contributed by atoms with Gasteiger partial charge in [0.15, 0.2) is 0 Å². The predicted molar refractivity (Wildman–Crippen MR) is 62.3 cm³/mol. The van der Waals surface area contributed by atoms with Crippen molar-refractivity contribution in [2.75, 3.05) is 13.1 Å². The maximum atomic E-state index is 12.1. The first-order valence-electron chi connectivity index (χ1n) is 5.36. The Balaban J connectivity index is 2.81. The molecule has 0 saturated heterocycles. The van der Waals surface area contributed by atoms with Gasteiger partial charge in [-0.05, 0) is 6.07 Å². The molecule has 18 heavy (non-hydrogen) atoms. The Morgan fingerprint density at radius 1 is 1.28 bits per heavy atom. The van der Waals surface area contributed by atoms with Crippen LogP contribution < -0.4 is 0 Å². The molecule has 92 valence electrons. The van der Waals surface area contributed by atoms with E-state index in [-0.39, 0.29) is 43.2 Å². The third kappa shape index (κ3) is 3.76. The molecule has 0 saturated carbocycles. The number of hydrogen-bond donors (Lipinski definition) is 1. The zero-order valence-corrected chi connectivity index (χ0v) is 9.70. The second-order valence-electron chi connectivity index (χ2n) is 3.54. The summed E-state index contributed by atoms with van der Waals surface area (Å²) < 4.78 is 0. The van der Waals surface area contributed by atoms with Crippen LogP contribution in [0, 0.1) is 22.7 Å². The van der Waals surface area contributed by atoms with Crippen LogP contribution in [0.25, 0.3) is 0 Å². The molecule has 1 aromatic heterocycles. The first kappa shape index (κ1) is 13.5. The van der Waals surface area contributed by atoms with Crippen LogP contribution in [0.5, 0.6) is 5.75 Å². The van der Waals surface area contributed by atoms with Crippen LogP contribution in [0.4, 0.5) is 0 Å². The Hall–Kier alpha value is -2.60. The van der Waals surface area contributed by atoms with Crippen molar-refractivity contribution in [1.29, 1.82) is 10.5 Å². The molecule has 0 aliphatic carbocycles. The van der Waals surface area contributed by atoms with Crippen molar-refractivity contribution in [2.45, 2.75) is 12.8 Å². The van der Waals surface area contributed by atoms with E-state index in [2.05, 4.69) is 4.98 Å². The predicted octanol–water partition coefficient (Wildman–Crippen LogP) is 1.06. The van der Waals surface area contributed by atoms with Crippen LogP contribution in [0.15, 0.2) is 18.5 Å². The molecule has 6 heteroatoms. The standard InChI is InChI=1S/C12H12N4O2/c13-3-1-5-16(6-2-4-14)12(18)10-7-11(17)9-15-8-10/h7-9,17H,1-2,5-6H2. The highest BCUT2D eigenvalue weighted by Crippen LogP contribution is 2.11. The van der Waals surface area contributed by atoms with Crippen LogP contribution in [-0.4, -0.2) is 34.0 Å². The zero-order chi connectivity index (χ0) is 13.4. The van der Waals surface area contributed by atoms with Gasteiger partial charge >= 0.3 is 0 Å². The van der Waals surface area contributed by atoms with E-state index in [4.69, 9.17) is 10.5 Å². The van der Waals surface area contributed by atoms with Crippen molar-refractivity contribution < 1.29 is 9.90 Å². The van der Waals surface area contributed by atoms with E-state index in [0.717, 1.165) is 0 Å². The van der Waals surface area contributed by atoms with Crippen LogP contribution >= 0.6 is 0 Å². The van der Waals surface area contributed by atoms with Crippen molar-refractivity contribution in [3.63, 3.8) is 0 Å². The van der Waals surface area contributed by atoms with Crippen molar-refractivity contribution in [3.8, 4) is 17.9 Å². The lowest BCUT2D eigenvalue weighted by molar-refractivity contribution is 0.0761. The molecular formula is C12H12N4O2. The van der Waals surface area contributed by atoms with Gasteiger partial charge in [-0.2, -0.15) is 10.5 Å². The summed E-state index contributed by atoms with van der Waals surface area (Å²) in [6.45, 7) is 0.513. The van der Waals surface area contributed by atoms with E-state index in [9.17, 15) is 9.90 Å². The number of nitriles is 2. The number of amides is 1. The van der Waals surface area contributed by atoms with Gasteiger partial charge in [0.2, 0.25) is 0 Å². The van der Waals surface area contributed by atoms with Gasteiger partial charge in [0.25, 0.3) is 5.91 Å². The number of carbonyl (C=O) groups excluding carboxylic acids is 1. The van der Waals surface area contributed by atoms with Crippen molar-refractivity contribution in [2.24, 2.45) is 0 Å². The SMILES string of the molecule is N#CCCN(CCC#N)C(=O)c1cncc(O)c1. The second-order valence-corrected chi connectivity index (χ2v) is 3.54. The molecule has 6 nitrogen and oxygen atoms in total. The van der Waals surface area contributed by atoms with Crippen LogP contribution in [0.3, 0.4) is 0 Å². The van der Waals surface area contributed by atoms with E-state index in [1.165, 1.54) is 23.4 Å². The molecule has 1 N–H and O–H groups in total. The summed E-state index contributed by atoms with van der Waals surface area (Å²) in [5, 5.41) is 26.3. The molecule has 1 aromatic rings. The quantitative estimate of drug-likeness (QED) is 0.834. The first-order valence-corrected chi connectivity index (χ1v) is 5.36. The van der Waals surface area contributed by atoms with Gasteiger partial charge in [-0.15, -0.1) is 0 Å². The Morgan fingerprint density at radius 2 is 1.89 bits per heavy atom. The number of carbonyl (C=O) groups is 1. The molecule has 1 rings (SSSR count). The van der Waals surface area contributed by atoms with E-state index in [1.54, 1.807) is 0 Å². The monoisotopic (exact) mass is 244 g/mol. The number of rotatable bonds is 5. The Bertz CT molecular complexity index is 484. The molecule has 0 fully saturated rings. The molecule has 0 aliphatic rings. The molecule has 0 unspecified atom stereocenters. The summed E-state index contributed by atoms with van der Waals surface area (Å²) in [5.74, 6) is -0.440. The smallest absolute Gasteiger partial charge is 0.255 e. The fourth-order valence-electron chi connectivity index (χ4n) is 1.41. The Kier molecular flexibility index (Phi) is 5.14. The zero-order valence-electron chi connectivity index (χ0n) is 9.70. The summed E-state index contributed by atoms with van der Waals surface area (Å²) >= 11 is 0. The first-order chi connectivity index (χ1) is 8.69. The summed E-state index contributed by atoms with van der Waals surface area (Å²) in [5.41, 5.74) is 0.242. The third-order valence-electron chi connectivity index (χ3n) is 2.25. The maximum absolute atomic E-state index is 12.1. The molecule has 0 bridgehead atoms. The fraction of sp³-hybridized carbons (Fsp3) is 0.333. The van der Waals surface area contributed by atoms with Crippen molar-refractivity contribution in [3.05, 3.63) is 24.0 Å². The molecular weight excluding hydrogens is 232 g/mol. The topological polar surface area (TPSA) is 101 Å². The number of nitrogens with zero attached hydrogens (tertiary/aromatic N) is 4. The minimum Gasteiger partial charge on any atom is -0.506 e. The second kappa shape index (κ2) is 6.87. The molecule has 0 radical (unpaired) electrons. The van der Waals surface area contributed by atoms with Crippen LogP contribution in [0.1, 0.15) is 23.2 Å². The highest BCUT2D eigenvalue weighted by atomic mass is 16.3. The fourth-order valence-corrected chi connectivity index (χ4v) is 1.41. The largest absolute Gasteiger partial charge is 0.506 e. The summed E-state index contributed by atoms with van der Waals surface area (Å²) in [6, 6.07) is 5.21. The van der Waals surface area contributed by atoms with Gasteiger partial charge in [0.05, 0.1) is 36.7 Å². The Labute approximate surface area is 105 Å². The van der Waals surface area contributed by atoms with Crippen molar-refractivity contribution in [1.82, 2.24) is 9.88 Å². The highest BCUT2D eigenvalue weighted by Gasteiger charge is 2.15. The summed E-state index contributed by atoms with van der Waals surface area (Å²) in [7, 11) is 0. The number of aromatic hydroxyl groups is 1. The van der Waals surface area contributed by atoms with Gasteiger partial charge in [0, 0.05) is 19.3 Å². The van der Waals surface area contributed by atoms with E-state index < -0.39 is 0 Å². The van der Waals surface area contributed by atoms with E-state index in [1.807, 2.05) is 12.1 Å². The molecule has 0 aliphatic heterocycles. The van der Waals surface area contributed by atoms with Gasteiger partial charge < -0.3 is 10.0 Å². The third-order valence-corrected chi connectivity index (χ3v) is 2.25. The lowest BCUT2D eigenvalue weighted by Crippen LogP contribution is -2.32. The van der Waals surface area contributed by atoms with E-state index >= 15 is 0 Å². The van der Waals surface area contributed by atoms with E-state index in [0.29, 0.717) is 0 Å². The lowest BCUT2D eigenvalue weighted by Gasteiger charge is -2.20. The number of hydrogen-bond acceptors (Lipinski definition) is 5. The van der Waals surface area contributed by atoms with Gasteiger partial charge in [-0.1, -0.05) is 0 Å². The van der Waals surface area contributed by atoms with Gasteiger partial charge in [-0.3, -0.25) is 9.78 Å². The van der Waals surface area contributed by atoms with Crippen molar-refractivity contribution >= 4 is 5.91 Å². The average Bonchev–Trinajstić information content (AvgIpc) is 2.38. The number of aromatic nitrogens is 1. The summed E-state index contributed by atoms with van der Waals surface area (Å²) in [4.78, 5) is 17.2. The lowest BCUT2D eigenvalue weighted by atomic mass is 10.2. The minimum atomic E-state index is -0.344. The van der Waals surface area contributed by atoms with Gasteiger partial charge in [-0.25, -0.2) is 0 Å². The number of pyridine rings is 1. The molecule has 0 aromatic carbocycles. The summed E-state index contributed by atoms with van der Waals surface area (Å²) in [6.07, 6.45) is 2.96. The Morgan fingerprint density at radius 3 is 2.39 bits per heavy atom.